The summed E-state index contributed by atoms with van der Waals surface area (Å²) in [6, 6.07) is 0. The standard InChI is InChI=1S/C23H38O2S/c1-8-12-20-22(26-18(7)23(20)25-14-10-3)16-19(11-4)15-21(17(5)6)24-13-9-2/h15H,8-14,16H2,1-7H3/b19-15+. The molecule has 1 heterocycles. The summed E-state index contributed by atoms with van der Waals surface area (Å²) in [6.45, 7) is 16.8. The van der Waals surface area contributed by atoms with Gasteiger partial charge in [0.15, 0.2) is 0 Å². The Morgan fingerprint density at radius 2 is 1.69 bits per heavy atom. The van der Waals surface area contributed by atoms with E-state index >= 15 is 0 Å². The van der Waals surface area contributed by atoms with Crippen molar-refractivity contribution in [2.45, 2.75) is 87.0 Å². The van der Waals surface area contributed by atoms with Crippen molar-refractivity contribution >= 4 is 11.3 Å². The first kappa shape index (κ1) is 22.8. The number of allylic oxidation sites excluding steroid dienone is 3. The molecule has 0 saturated heterocycles. The SMILES string of the molecule is CCCOC(/C=C(\CC)Cc1sc(C)c(OCCC)c1CCC)=C(C)C. The molecule has 0 aliphatic rings. The summed E-state index contributed by atoms with van der Waals surface area (Å²) >= 11 is 1.91. The topological polar surface area (TPSA) is 18.5 Å². The smallest absolute Gasteiger partial charge is 0.136 e. The molecule has 0 aliphatic heterocycles. The Hall–Kier alpha value is -1.22. The zero-order valence-electron chi connectivity index (χ0n) is 18.0. The third kappa shape index (κ3) is 6.83. The third-order valence-electron chi connectivity index (χ3n) is 4.29. The fraction of sp³-hybridized carbons (Fsp3) is 0.652. The molecule has 26 heavy (non-hydrogen) atoms. The lowest BCUT2D eigenvalue weighted by atomic mass is 10.0. The van der Waals surface area contributed by atoms with Crippen LogP contribution in [0.2, 0.25) is 0 Å². The molecule has 0 aliphatic carbocycles. The lowest BCUT2D eigenvalue weighted by molar-refractivity contribution is 0.221. The summed E-state index contributed by atoms with van der Waals surface area (Å²) in [5.74, 6) is 2.19. The Morgan fingerprint density at radius 1 is 1.00 bits per heavy atom. The Labute approximate surface area is 165 Å². The van der Waals surface area contributed by atoms with Gasteiger partial charge in [0.1, 0.15) is 11.5 Å². The highest BCUT2D eigenvalue weighted by Gasteiger charge is 2.17. The highest BCUT2D eigenvalue weighted by atomic mass is 32.1. The lowest BCUT2D eigenvalue weighted by Gasteiger charge is -2.12. The van der Waals surface area contributed by atoms with E-state index in [2.05, 4.69) is 54.5 Å². The average molecular weight is 379 g/mol. The van der Waals surface area contributed by atoms with Gasteiger partial charge in [-0.3, -0.25) is 0 Å². The second kappa shape index (κ2) is 12.2. The van der Waals surface area contributed by atoms with E-state index in [0.29, 0.717) is 0 Å². The Bertz CT molecular complexity index is 604. The van der Waals surface area contributed by atoms with Crippen molar-refractivity contribution in [1.29, 1.82) is 0 Å². The summed E-state index contributed by atoms with van der Waals surface area (Å²) in [6.07, 6.45) is 8.64. The van der Waals surface area contributed by atoms with Gasteiger partial charge in [-0.25, -0.2) is 0 Å². The van der Waals surface area contributed by atoms with E-state index in [0.717, 1.165) is 63.2 Å². The summed E-state index contributed by atoms with van der Waals surface area (Å²) < 4.78 is 12.1. The van der Waals surface area contributed by atoms with Crippen LogP contribution in [0.3, 0.4) is 0 Å². The van der Waals surface area contributed by atoms with Crippen LogP contribution in [0.5, 0.6) is 5.75 Å². The number of ether oxygens (including phenoxy) is 2. The van der Waals surface area contributed by atoms with Gasteiger partial charge in [0, 0.05) is 21.7 Å². The Morgan fingerprint density at radius 3 is 2.23 bits per heavy atom. The van der Waals surface area contributed by atoms with Crippen molar-refractivity contribution in [1.82, 2.24) is 0 Å². The molecule has 0 spiro atoms. The van der Waals surface area contributed by atoms with Gasteiger partial charge >= 0.3 is 0 Å². The number of rotatable bonds is 12. The van der Waals surface area contributed by atoms with Crippen LogP contribution in [0, 0.1) is 6.92 Å². The number of hydrogen-bond donors (Lipinski definition) is 0. The van der Waals surface area contributed by atoms with Crippen LogP contribution in [0.25, 0.3) is 0 Å². The molecule has 0 unspecified atom stereocenters. The fourth-order valence-electron chi connectivity index (χ4n) is 2.88. The minimum atomic E-state index is 0.780. The van der Waals surface area contributed by atoms with E-state index in [1.165, 1.54) is 26.5 Å². The van der Waals surface area contributed by atoms with Crippen LogP contribution in [-0.2, 0) is 17.6 Å². The van der Waals surface area contributed by atoms with Gasteiger partial charge in [0.25, 0.3) is 0 Å². The second-order valence-electron chi connectivity index (χ2n) is 7.03. The monoisotopic (exact) mass is 378 g/mol. The summed E-state index contributed by atoms with van der Waals surface area (Å²) in [5.41, 5.74) is 4.10. The van der Waals surface area contributed by atoms with Crippen LogP contribution in [-0.4, -0.2) is 13.2 Å². The molecule has 0 radical (unpaired) electrons. The first-order valence-corrected chi connectivity index (χ1v) is 11.0. The molecule has 1 rings (SSSR count). The molecule has 0 bridgehead atoms. The van der Waals surface area contributed by atoms with Crippen LogP contribution in [0.4, 0.5) is 0 Å². The molecule has 0 saturated carbocycles. The van der Waals surface area contributed by atoms with E-state index in [9.17, 15) is 0 Å². The molecule has 3 heteroatoms. The third-order valence-corrected chi connectivity index (χ3v) is 5.42. The molecular formula is C23H38O2S. The van der Waals surface area contributed by atoms with Crippen molar-refractivity contribution in [3.63, 3.8) is 0 Å². The predicted octanol–water partition coefficient (Wildman–Crippen LogP) is 7.40. The van der Waals surface area contributed by atoms with Crippen molar-refractivity contribution < 1.29 is 9.47 Å². The summed E-state index contributed by atoms with van der Waals surface area (Å²) in [7, 11) is 0. The molecule has 0 atom stereocenters. The van der Waals surface area contributed by atoms with Gasteiger partial charge in [-0.15, -0.1) is 11.3 Å². The Balaban J connectivity index is 3.13. The van der Waals surface area contributed by atoms with Gasteiger partial charge in [0.2, 0.25) is 0 Å². The first-order chi connectivity index (χ1) is 12.5. The molecule has 148 valence electrons. The highest BCUT2D eigenvalue weighted by molar-refractivity contribution is 7.12. The van der Waals surface area contributed by atoms with Gasteiger partial charge in [0.05, 0.1) is 13.2 Å². The number of thiophene rings is 1. The normalized spacial score (nSPS) is 11.6. The molecule has 2 nitrogen and oxygen atoms in total. The van der Waals surface area contributed by atoms with E-state index in [1.807, 2.05) is 11.3 Å². The van der Waals surface area contributed by atoms with Crippen LogP contribution < -0.4 is 4.74 Å². The van der Waals surface area contributed by atoms with Gasteiger partial charge in [-0.1, -0.05) is 39.7 Å². The van der Waals surface area contributed by atoms with Crippen molar-refractivity contribution in [2.24, 2.45) is 0 Å². The predicted molar refractivity (Wildman–Crippen MR) is 116 cm³/mol. The quantitative estimate of drug-likeness (QED) is 0.279. The number of aryl methyl sites for hydroxylation is 1. The maximum atomic E-state index is 6.09. The van der Waals surface area contributed by atoms with Crippen molar-refractivity contribution in [3.8, 4) is 5.75 Å². The van der Waals surface area contributed by atoms with E-state index in [1.54, 1.807) is 0 Å². The summed E-state index contributed by atoms with van der Waals surface area (Å²) in [4.78, 5) is 2.78. The minimum absolute atomic E-state index is 0.780. The van der Waals surface area contributed by atoms with E-state index in [-0.39, 0.29) is 0 Å². The average Bonchev–Trinajstić information content (AvgIpc) is 2.90. The number of hydrogen-bond acceptors (Lipinski definition) is 3. The molecule has 1 aromatic rings. The molecule has 0 aromatic carbocycles. The van der Waals surface area contributed by atoms with Gasteiger partial charge in [-0.05, 0) is 58.1 Å². The van der Waals surface area contributed by atoms with Crippen molar-refractivity contribution in [3.05, 3.63) is 38.3 Å². The van der Waals surface area contributed by atoms with Crippen LogP contribution in [0.15, 0.2) is 23.0 Å². The maximum Gasteiger partial charge on any atom is 0.136 e. The van der Waals surface area contributed by atoms with Crippen LogP contribution in [0.1, 0.15) is 82.5 Å². The minimum Gasteiger partial charge on any atom is -0.494 e. The lowest BCUT2D eigenvalue weighted by Crippen LogP contribution is -2.00. The maximum absolute atomic E-state index is 6.09. The van der Waals surface area contributed by atoms with Gasteiger partial charge < -0.3 is 9.47 Å². The van der Waals surface area contributed by atoms with Crippen molar-refractivity contribution in [2.75, 3.05) is 13.2 Å². The van der Waals surface area contributed by atoms with E-state index < -0.39 is 0 Å². The Kier molecular flexibility index (Phi) is 10.7. The summed E-state index contributed by atoms with van der Waals surface area (Å²) in [5, 5.41) is 0. The van der Waals surface area contributed by atoms with E-state index in [4.69, 9.17) is 9.47 Å². The molecular weight excluding hydrogens is 340 g/mol. The highest BCUT2D eigenvalue weighted by Crippen LogP contribution is 2.38. The largest absolute Gasteiger partial charge is 0.494 e. The molecule has 0 fully saturated rings. The zero-order valence-corrected chi connectivity index (χ0v) is 18.8. The van der Waals surface area contributed by atoms with Gasteiger partial charge in [-0.2, -0.15) is 0 Å². The molecule has 1 aromatic heterocycles. The molecule has 0 N–H and O–H groups in total. The molecule has 0 amide bonds. The van der Waals surface area contributed by atoms with Crippen LogP contribution >= 0.6 is 11.3 Å². The zero-order chi connectivity index (χ0) is 19.5. The fourth-order valence-corrected chi connectivity index (χ4v) is 4.10. The second-order valence-corrected chi connectivity index (χ2v) is 8.34. The first-order valence-electron chi connectivity index (χ1n) is 10.2.